The van der Waals surface area contributed by atoms with Crippen molar-refractivity contribution in [2.24, 2.45) is 0 Å². The van der Waals surface area contributed by atoms with E-state index < -0.39 is 9.84 Å². The molecule has 1 aliphatic rings. The Balaban J connectivity index is 1.94. The van der Waals surface area contributed by atoms with E-state index in [9.17, 15) is 8.42 Å². The zero-order chi connectivity index (χ0) is 14.0. The van der Waals surface area contributed by atoms with Crippen LogP contribution < -0.4 is 5.32 Å². The first-order chi connectivity index (χ1) is 8.87. The molecule has 1 aliphatic carbocycles. The van der Waals surface area contributed by atoms with E-state index in [-0.39, 0.29) is 5.75 Å². The van der Waals surface area contributed by atoms with Crippen LogP contribution in [0.2, 0.25) is 0 Å². The number of aromatic nitrogens is 2. The summed E-state index contributed by atoms with van der Waals surface area (Å²) >= 11 is 0. The summed E-state index contributed by atoms with van der Waals surface area (Å²) in [6, 6.07) is 0.687. The maximum atomic E-state index is 11.1. The van der Waals surface area contributed by atoms with Crippen molar-refractivity contribution in [3.8, 4) is 0 Å². The molecular weight excluding hydrogens is 262 g/mol. The van der Waals surface area contributed by atoms with E-state index in [0.29, 0.717) is 19.0 Å². The van der Waals surface area contributed by atoms with Gasteiger partial charge in [-0.15, -0.1) is 0 Å². The van der Waals surface area contributed by atoms with Crippen molar-refractivity contribution in [1.29, 1.82) is 0 Å². The molecule has 1 fully saturated rings. The van der Waals surface area contributed by atoms with Crippen molar-refractivity contribution in [1.82, 2.24) is 15.1 Å². The van der Waals surface area contributed by atoms with Gasteiger partial charge in [0.05, 0.1) is 11.4 Å². The number of nitrogens with zero attached hydrogens (tertiary/aromatic N) is 2. The normalized spacial score (nSPS) is 15.9. The van der Waals surface area contributed by atoms with Crippen molar-refractivity contribution in [2.75, 3.05) is 12.0 Å². The van der Waals surface area contributed by atoms with E-state index in [1.165, 1.54) is 24.7 Å². The van der Waals surface area contributed by atoms with E-state index in [1.54, 1.807) is 0 Å². The second-order valence-electron chi connectivity index (χ2n) is 5.51. The summed E-state index contributed by atoms with van der Waals surface area (Å²) in [5, 5.41) is 8.01. The highest BCUT2D eigenvalue weighted by atomic mass is 32.2. The van der Waals surface area contributed by atoms with Crippen LogP contribution in [0.3, 0.4) is 0 Å². The Morgan fingerprint density at radius 1 is 1.37 bits per heavy atom. The van der Waals surface area contributed by atoms with Gasteiger partial charge in [-0.1, -0.05) is 0 Å². The van der Waals surface area contributed by atoms with Gasteiger partial charge in [0, 0.05) is 36.6 Å². The zero-order valence-corrected chi connectivity index (χ0v) is 12.8. The summed E-state index contributed by atoms with van der Waals surface area (Å²) in [5.41, 5.74) is 3.45. The fourth-order valence-corrected chi connectivity index (χ4v) is 2.87. The lowest BCUT2D eigenvalue weighted by Crippen LogP contribution is -2.16. The van der Waals surface area contributed by atoms with Gasteiger partial charge < -0.3 is 5.32 Å². The minimum Gasteiger partial charge on any atom is -0.310 e. The maximum absolute atomic E-state index is 11.1. The minimum atomic E-state index is -2.88. The van der Waals surface area contributed by atoms with Gasteiger partial charge in [0.1, 0.15) is 9.84 Å². The Bertz CT molecular complexity index is 544. The van der Waals surface area contributed by atoms with E-state index in [4.69, 9.17) is 0 Å². The molecule has 5 nitrogen and oxygen atoms in total. The summed E-state index contributed by atoms with van der Waals surface area (Å²) in [6.07, 6.45) is 4.46. The van der Waals surface area contributed by atoms with Crippen LogP contribution in [0.1, 0.15) is 36.2 Å². The standard InChI is InChI=1S/C13H23N3O2S/c1-10-13(9-14-12-5-6-12)11(2)16(15-10)7-4-8-19(3,17)18/h12,14H,4-9H2,1-3H3. The van der Waals surface area contributed by atoms with Crippen LogP contribution in [0.15, 0.2) is 0 Å². The summed E-state index contributed by atoms with van der Waals surface area (Å²) in [6.45, 7) is 5.62. The quantitative estimate of drug-likeness (QED) is 0.817. The molecule has 108 valence electrons. The third-order valence-corrected chi connectivity index (χ3v) is 4.59. The molecule has 1 saturated carbocycles. The highest BCUT2D eigenvalue weighted by Gasteiger charge is 2.21. The molecule has 1 aromatic rings. The van der Waals surface area contributed by atoms with Gasteiger partial charge in [0.25, 0.3) is 0 Å². The van der Waals surface area contributed by atoms with Crippen LogP contribution in [0.4, 0.5) is 0 Å². The molecule has 0 saturated heterocycles. The number of hydrogen-bond donors (Lipinski definition) is 1. The fraction of sp³-hybridized carbons (Fsp3) is 0.769. The van der Waals surface area contributed by atoms with Crippen LogP contribution >= 0.6 is 0 Å². The third kappa shape index (κ3) is 4.31. The molecule has 0 unspecified atom stereocenters. The molecule has 0 amide bonds. The first kappa shape index (κ1) is 14.5. The summed E-state index contributed by atoms with van der Waals surface area (Å²) in [4.78, 5) is 0. The maximum Gasteiger partial charge on any atom is 0.147 e. The van der Waals surface area contributed by atoms with Crippen molar-refractivity contribution in [3.63, 3.8) is 0 Å². The van der Waals surface area contributed by atoms with Gasteiger partial charge in [-0.3, -0.25) is 4.68 Å². The number of nitrogens with one attached hydrogen (secondary N) is 1. The molecule has 0 bridgehead atoms. The first-order valence-electron chi connectivity index (χ1n) is 6.81. The largest absolute Gasteiger partial charge is 0.310 e. The van der Waals surface area contributed by atoms with Crippen molar-refractivity contribution in [2.45, 2.75) is 52.2 Å². The molecular formula is C13H23N3O2S. The van der Waals surface area contributed by atoms with Crippen LogP contribution in [0.5, 0.6) is 0 Å². The molecule has 0 radical (unpaired) electrons. The first-order valence-corrected chi connectivity index (χ1v) is 8.87. The smallest absolute Gasteiger partial charge is 0.147 e. The fourth-order valence-electron chi connectivity index (χ4n) is 2.22. The second-order valence-corrected chi connectivity index (χ2v) is 7.77. The molecule has 0 atom stereocenters. The monoisotopic (exact) mass is 285 g/mol. The van der Waals surface area contributed by atoms with Crippen LogP contribution in [-0.4, -0.2) is 36.2 Å². The van der Waals surface area contributed by atoms with E-state index in [0.717, 1.165) is 17.9 Å². The van der Waals surface area contributed by atoms with Gasteiger partial charge in [-0.2, -0.15) is 5.10 Å². The van der Waals surface area contributed by atoms with Gasteiger partial charge in [-0.25, -0.2) is 8.42 Å². The minimum absolute atomic E-state index is 0.223. The Morgan fingerprint density at radius 3 is 2.63 bits per heavy atom. The summed E-state index contributed by atoms with van der Waals surface area (Å²) in [5.74, 6) is 0.223. The summed E-state index contributed by atoms with van der Waals surface area (Å²) in [7, 11) is -2.88. The molecule has 0 aromatic carbocycles. The molecule has 19 heavy (non-hydrogen) atoms. The lowest BCUT2D eigenvalue weighted by Gasteiger charge is -2.06. The zero-order valence-electron chi connectivity index (χ0n) is 11.9. The summed E-state index contributed by atoms with van der Waals surface area (Å²) < 4.78 is 24.2. The molecule has 1 heterocycles. The van der Waals surface area contributed by atoms with Crippen molar-refractivity contribution < 1.29 is 8.42 Å². The molecule has 6 heteroatoms. The lowest BCUT2D eigenvalue weighted by atomic mass is 10.2. The Labute approximate surface area is 115 Å². The second kappa shape index (κ2) is 5.63. The number of rotatable bonds is 7. The number of aryl methyl sites for hydroxylation is 2. The molecule has 0 spiro atoms. The van der Waals surface area contributed by atoms with Gasteiger partial charge in [0.2, 0.25) is 0 Å². The Kier molecular flexibility index (Phi) is 4.30. The average molecular weight is 285 g/mol. The van der Waals surface area contributed by atoms with E-state index >= 15 is 0 Å². The highest BCUT2D eigenvalue weighted by molar-refractivity contribution is 7.90. The number of hydrogen-bond acceptors (Lipinski definition) is 4. The van der Waals surface area contributed by atoms with Crippen LogP contribution in [0.25, 0.3) is 0 Å². The van der Waals surface area contributed by atoms with Crippen molar-refractivity contribution in [3.05, 3.63) is 17.0 Å². The van der Waals surface area contributed by atoms with E-state index in [1.807, 2.05) is 11.6 Å². The van der Waals surface area contributed by atoms with Gasteiger partial charge in [-0.05, 0) is 33.1 Å². The average Bonchev–Trinajstić information content (AvgIpc) is 3.06. The number of sulfone groups is 1. The van der Waals surface area contributed by atoms with Crippen LogP contribution in [0, 0.1) is 13.8 Å². The topological polar surface area (TPSA) is 64.0 Å². The highest BCUT2D eigenvalue weighted by Crippen LogP contribution is 2.21. The van der Waals surface area contributed by atoms with Crippen molar-refractivity contribution >= 4 is 9.84 Å². The predicted molar refractivity (Wildman–Crippen MR) is 75.9 cm³/mol. The van der Waals surface area contributed by atoms with E-state index in [2.05, 4.69) is 17.3 Å². The SMILES string of the molecule is Cc1nn(CCCS(C)(=O)=O)c(C)c1CNC1CC1. The Hall–Kier alpha value is -0.880. The van der Waals surface area contributed by atoms with Gasteiger partial charge >= 0.3 is 0 Å². The Morgan fingerprint density at radius 2 is 2.05 bits per heavy atom. The van der Waals surface area contributed by atoms with Gasteiger partial charge in [0.15, 0.2) is 0 Å². The molecule has 0 aliphatic heterocycles. The molecule has 1 N–H and O–H groups in total. The van der Waals surface area contributed by atoms with Crippen LogP contribution in [-0.2, 0) is 22.9 Å². The molecule has 1 aromatic heterocycles. The lowest BCUT2D eigenvalue weighted by molar-refractivity contribution is 0.565. The predicted octanol–water partition coefficient (Wildman–Crippen LogP) is 1.19. The molecule has 2 rings (SSSR count). The third-order valence-electron chi connectivity index (χ3n) is 3.56.